The van der Waals surface area contributed by atoms with Crippen molar-refractivity contribution < 1.29 is 18.3 Å². The van der Waals surface area contributed by atoms with Crippen molar-refractivity contribution in [3.05, 3.63) is 24.3 Å². The van der Waals surface area contributed by atoms with Gasteiger partial charge in [-0.3, -0.25) is 4.98 Å². The largest absolute Gasteiger partial charge is 0.449 e. The van der Waals surface area contributed by atoms with E-state index < -0.39 is 18.1 Å². The molecule has 2 heterocycles. The first-order valence-corrected chi connectivity index (χ1v) is 5.54. The van der Waals surface area contributed by atoms with E-state index in [9.17, 15) is 18.3 Å². The molecular weight excluding hydrogens is 247 g/mol. The SMILES string of the molecule is OC1CC(n2c(C(F)(F)F)nc3ccncc32)C1. The predicted octanol–water partition coefficient (Wildman–Crippen LogP) is 2.15. The molecule has 2 aromatic heterocycles. The second kappa shape index (κ2) is 3.68. The Morgan fingerprint density at radius 1 is 1.33 bits per heavy atom. The molecule has 0 spiro atoms. The van der Waals surface area contributed by atoms with E-state index in [-0.39, 0.29) is 11.6 Å². The number of hydrogen-bond acceptors (Lipinski definition) is 3. The van der Waals surface area contributed by atoms with Crippen LogP contribution >= 0.6 is 0 Å². The van der Waals surface area contributed by atoms with Crippen molar-refractivity contribution >= 4 is 11.0 Å². The number of imidazole rings is 1. The molecule has 1 aliphatic rings. The molecule has 1 N–H and O–H groups in total. The van der Waals surface area contributed by atoms with E-state index in [2.05, 4.69) is 9.97 Å². The zero-order valence-corrected chi connectivity index (χ0v) is 9.22. The number of aliphatic hydroxyl groups is 1. The van der Waals surface area contributed by atoms with Crippen LogP contribution in [0, 0.1) is 0 Å². The summed E-state index contributed by atoms with van der Waals surface area (Å²) in [5, 5.41) is 9.25. The molecule has 2 aromatic rings. The highest BCUT2D eigenvalue weighted by Gasteiger charge is 2.41. The topological polar surface area (TPSA) is 50.9 Å². The molecule has 0 unspecified atom stereocenters. The van der Waals surface area contributed by atoms with E-state index >= 15 is 0 Å². The molecule has 0 saturated heterocycles. The van der Waals surface area contributed by atoms with Gasteiger partial charge in [0, 0.05) is 12.2 Å². The summed E-state index contributed by atoms with van der Waals surface area (Å²) in [5.41, 5.74) is 0.639. The van der Waals surface area contributed by atoms with Gasteiger partial charge in [0.2, 0.25) is 5.82 Å². The summed E-state index contributed by atoms with van der Waals surface area (Å²) < 4.78 is 40.0. The molecule has 0 radical (unpaired) electrons. The van der Waals surface area contributed by atoms with Gasteiger partial charge in [-0.15, -0.1) is 0 Å². The van der Waals surface area contributed by atoms with Crippen LogP contribution < -0.4 is 0 Å². The minimum atomic E-state index is -4.50. The molecule has 18 heavy (non-hydrogen) atoms. The normalized spacial score (nSPS) is 24.2. The molecule has 0 bridgehead atoms. The number of aliphatic hydroxyl groups excluding tert-OH is 1. The lowest BCUT2D eigenvalue weighted by molar-refractivity contribution is -0.149. The highest BCUT2D eigenvalue weighted by atomic mass is 19.4. The van der Waals surface area contributed by atoms with Crippen molar-refractivity contribution in [2.45, 2.75) is 31.2 Å². The minimum absolute atomic E-state index is 0.277. The van der Waals surface area contributed by atoms with E-state index in [1.807, 2.05) is 0 Å². The van der Waals surface area contributed by atoms with E-state index in [0.717, 1.165) is 4.57 Å². The van der Waals surface area contributed by atoms with Crippen LogP contribution in [0.15, 0.2) is 18.5 Å². The smallest absolute Gasteiger partial charge is 0.393 e. The van der Waals surface area contributed by atoms with Gasteiger partial charge in [-0.25, -0.2) is 4.98 Å². The molecule has 0 aromatic carbocycles. The quantitative estimate of drug-likeness (QED) is 0.851. The Labute approximate surface area is 100 Å². The van der Waals surface area contributed by atoms with Gasteiger partial charge < -0.3 is 9.67 Å². The summed E-state index contributed by atoms with van der Waals surface area (Å²) in [5.74, 6) is -0.914. The van der Waals surface area contributed by atoms with E-state index in [4.69, 9.17) is 0 Å². The molecule has 3 rings (SSSR count). The molecule has 1 saturated carbocycles. The van der Waals surface area contributed by atoms with Gasteiger partial charge in [0.05, 0.1) is 23.3 Å². The predicted molar refractivity (Wildman–Crippen MR) is 56.8 cm³/mol. The maximum atomic E-state index is 12.9. The number of aromatic nitrogens is 3. The van der Waals surface area contributed by atoms with Crippen molar-refractivity contribution in [2.75, 3.05) is 0 Å². The first-order valence-electron chi connectivity index (χ1n) is 5.54. The fourth-order valence-corrected chi connectivity index (χ4v) is 2.28. The van der Waals surface area contributed by atoms with Gasteiger partial charge in [-0.2, -0.15) is 13.2 Å². The maximum Gasteiger partial charge on any atom is 0.449 e. The van der Waals surface area contributed by atoms with Gasteiger partial charge in [-0.05, 0) is 18.9 Å². The van der Waals surface area contributed by atoms with Gasteiger partial charge in [0.25, 0.3) is 0 Å². The molecule has 0 atom stereocenters. The summed E-state index contributed by atoms with van der Waals surface area (Å²) in [6.45, 7) is 0. The summed E-state index contributed by atoms with van der Waals surface area (Å²) in [6, 6.07) is 1.10. The van der Waals surface area contributed by atoms with Crippen LogP contribution in [0.5, 0.6) is 0 Å². The van der Waals surface area contributed by atoms with Crippen LogP contribution in [0.3, 0.4) is 0 Å². The zero-order chi connectivity index (χ0) is 12.9. The Hall–Kier alpha value is -1.63. The third kappa shape index (κ3) is 1.66. The number of hydrogen-bond donors (Lipinski definition) is 1. The molecule has 1 aliphatic carbocycles. The third-order valence-corrected chi connectivity index (χ3v) is 3.20. The number of nitrogens with zero attached hydrogens (tertiary/aromatic N) is 3. The van der Waals surface area contributed by atoms with Crippen molar-refractivity contribution in [3.63, 3.8) is 0 Å². The van der Waals surface area contributed by atoms with Crippen LogP contribution in [0.2, 0.25) is 0 Å². The van der Waals surface area contributed by atoms with Crippen LogP contribution in [0.1, 0.15) is 24.7 Å². The van der Waals surface area contributed by atoms with Gasteiger partial charge in [0.1, 0.15) is 0 Å². The number of rotatable bonds is 1. The maximum absolute atomic E-state index is 12.9. The Bertz CT molecular complexity index is 587. The van der Waals surface area contributed by atoms with Crippen LogP contribution in [-0.2, 0) is 6.18 Å². The first kappa shape index (κ1) is 11.5. The van der Waals surface area contributed by atoms with Crippen molar-refractivity contribution in [1.29, 1.82) is 0 Å². The first-order chi connectivity index (χ1) is 8.47. The van der Waals surface area contributed by atoms with Gasteiger partial charge in [-0.1, -0.05) is 0 Å². The van der Waals surface area contributed by atoms with Gasteiger partial charge >= 0.3 is 6.18 Å². The highest BCUT2D eigenvalue weighted by Crippen LogP contribution is 2.40. The van der Waals surface area contributed by atoms with Crippen LogP contribution in [0.25, 0.3) is 11.0 Å². The molecule has 96 valence electrons. The van der Waals surface area contributed by atoms with E-state index in [1.165, 1.54) is 18.5 Å². The molecular formula is C11H10F3N3O. The lowest BCUT2D eigenvalue weighted by Crippen LogP contribution is -2.33. The molecule has 1 fully saturated rings. The Kier molecular flexibility index (Phi) is 2.34. The van der Waals surface area contributed by atoms with E-state index in [1.54, 1.807) is 0 Å². The average Bonchev–Trinajstić information content (AvgIpc) is 2.63. The van der Waals surface area contributed by atoms with Crippen molar-refractivity contribution in [2.24, 2.45) is 0 Å². The number of halogens is 3. The Morgan fingerprint density at radius 3 is 2.67 bits per heavy atom. The zero-order valence-electron chi connectivity index (χ0n) is 9.22. The third-order valence-electron chi connectivity index (χ3n) is 3.20. The molecule has 0 amide bonds. The average molecular weight is 257 g/mol. The molecule has 4 nitrogen and oxygen atoms in total. The monoisotopic (exact) mass is 257 g/mol. The number of alkyl halides is 3. The van der Waals surface area contributed by atoms with Crippen LogP contribution in [0.4, 0.5) is 13.2 Å². The molecule has 0 aliphatic heterocycles. The highest BCUT2D eigenvalue weighted by molar-refractivity contribution is 5.75. The minimum Gasteiger partial charge on any atom is -0.393 e. The lowest BCUT2D eigenvalue weighted by atomic mass is 9.89. The fraction of sp³-hybridized carbons (Fsp3) is 0.455. The van der Waals surface area contributed by atoms with E-state index in [0.29, 0.717) is 18.4 Å². The standard InChI is InChI=1S/C11H10F3N3O/c12-11(13,14)10-16-8-1-2-15-5-9(8)17(10)6-3-7(18)4-6/h1-2,5-7,18H,3-4H2. The summed E-state index contributed by atoms with van der Waals surface area (Å²) in [4.78, 5) is 7.47. The Morgan fingerprint density at radius 2 is 2.06 bits per heavy atom. The summed E-state index contributed by atoms with van der Waals surface area (Å²) >= 11 is 0. The molecule has 7 heteroatoms. The fourth-order valence-electron chi connectivity index (χ4n) is 2.28. The summed E-state index contributed by atoms with van der Waals surface area (Å²) in [6.07, 6.45) is -1.59. The number of fused-ring (bicyclic) bond motifs is 1. The van der Waals surface area contributed by atoms with Crippen LogP contribution in [-0.4, -0.2) is 25.7 Å². The second-order valence-electron chi connectivity index (χ2n) is 4.45. The lowest BCUT2D eigenvalue weighted by Gasteiger charge is -2.34. The Balaban J connectivity index is 2.18. The van der Waals surface area contributed by atoms with Crippen molar-refractivity contribution in [1.82, 2.24) is 14.5 Å². The summed E-state index contributed by atoms with van der Waals surface area (Å²) in [7, 11) is 0. The second-order valence-corrected chi connectivity index (χ2v) is 4.45. The van der Waals surface area contributed by atoms with Gasteiger partial charge in [0.15, 0.2) is 0 Å². The van der Waals surface area contributed by atoms with Crippen molar-refractivity contribution in [3.8, 4) is 0 Å². The number of pyridine rings is 1.